The van der Waals surface area contributed by atoms with Crippen molar-refractivity contribution >= 4 is 23.0 Å². The van der Waals surface area contributed by atoms with Crippen molar-refractivity contribution in [1.29, 1.82) is 0 Å². The number of ether oxygens (including phenoxy) is 1. The predicted molar refractivity (Wildman–Crippen MR) is 106 cm³/mol. The Bertz CT molecular complexity index is 1020. The molecule has 2 aromatic rings. The molecule has 0 unspecified atom stereocenters. The molecule has 0 radical (unpaired) electrons. The Hall–Kier alpha value is -3.90. The molecule has 0 saturated carbocycles. The van der Waals surface area contributed by atoms with Gasteiger partial charge in [-0.3, -0.25) is 25.0 Å². The van der Waals surface area contributed by atoms with E-state index >= 15 is 0 Å². The first kappa shape index (κ1) is 22.8. The monoisotopic (exact) mass is 454 g/mol. The summed E-state index contributed by atoms with van der Waals surface area (Å²) in [5.74, 6) is -1.00. The molecule has 1 amide bonds. The third kappa shape index (κ3) is 5.42. The van der Waals surface area contributed by atoms with E-state index in [1.807, 2.05) is 4.90 Å². The van der Waals surface area contributed by atoms with E-state index in [-0.39, 0.29) is 30.1 Å². The van der Waals surface area contributed by atoms with E-state index in [4.69, 9.17) is 0 Å². The van der Waals surface area contributed by atoms with Crippen LogP contribution in [0.25, 0.3) is 0 Å². The molecule has 10 nitrogen and oxygen atoms in total. The average Bonchev–Trinajstić information content (AvgIpc) is 2.76. The van der Waals surface area contributed by atoms with Crippen molar-refractivity contribution in [3.8, 4) is 5.75 Å². The van der Waals surface area contributed by atoms with Gasteiger partial charge < -0.3 is 14.5 Å². The molecule has 3 rings (SSSR count). The van der Waals surface area contributed by atoms with Crippen LogP contribution in [0, 0.1) is 20.2 Å². The molecule has 170 valence electrons. The smallest absolute Gasteiger partial charge is 0.422 e. The lowest BCUT2D eigenvalue weighted by Crippen LogP contribution is -2.48. The van der Waals surface area contributed by atoms with E-state index < -0.39 is 34.2 Å². The zero-order valence-corrected chi connectivity index (χ0v) is 16.4. The van der Waals surface area contributed by atoms with Gasteiger partial charge in [0.25, 0.3) is 17.3 Å². The minimum absolute atomic E-state index is 0.0532. The van der Waals surface area contributed by atoms with E-state index in [1.54, 1.807) is 12.1 Å². The topological polar surface area (TPSA) is 119 Å². The van der Waals surface area contributed by atoms with Gasteiger partial charge in [-0.15, -0.1) is 0 Å². The number of anilines is 1. The maximum absolute atomic E-state index is 12.9. The summed E-state index contributed by atoms with van der Waals surface area (Å²) in [5.41, 5.74) is -0.232. The van der Waals surface area contributed by atoms with Crippen LogP contribution in [-0.2, 0) is 0 Å². The second-order valence-corrected chi connectivity index (χ2v) is 6.89. The van der Waals surface area contributed by atoms with E-state index in [0.29, 0.717) is 13.1 Å². The summed E-state index contributed by atoms with van der Waals surface area (Å²) in [6.07, 6.45) is -4.60. The Morgan fingerprint density at radius 2 is 1.59 bits per heavy atom. The summed E-state index contributed by atoms with van der Waals surface area (Å²) in [7, 11) is 0. The van der Waals surface area contributed by atoms with Crippen molar-refractivity contribution in [3.05, 3.63) is 68.3 Å². The Morgan fingerprint density at radius 3 is 2.12 bits per heavy atom. The van der Waals surface area contributed by atoms with Gasteiger partial charge in [0.15, 0.2) is 6.61 Å². The number of halogens is 3. The van der Waals surface area contributed by atoms with Crippen molar-refractivity contribution in [3.63, 3.8) is 0 Å². The molecule has 1 fully saturated rings. The standard InChI is InChI=1S/C19H17F3N4O6/c20-19(21,22)12-32-15-5-6-17(26(30)31)16(11-15)18(27)24-9-7-23(8-10-24)13-1-3-14(4-2-13)25(28)29/h1-6,11H,7-10,12H2. The third-order valence-corrected chi connectivity index (χ3v) is 4.79. The molecular weight excluding hydrogens is 437 g/mol. The lowest BCUT2D eigenvalue weighted by atomic mass is 10.1. The number of amides is 1. The van der Waals surface area contributed by atoms with Gasteiger partial charge in [0.2, 0.25) is 0 Å². The van der Waals surface area contributed by atoms with Crippen LogP contribution in [-0.4, -0.2) is 59.6 Å². The Morgan fingerprint density at radius 1 is 0.969 bits per heavy atom. The van der Waals surface area contributed by atoms with Crippen molar-refractivity contribution in [2.45, 2.75) is 6.18 Å². The third-order valence-electron chi connectivity index (χ3n) is 4.79. The first-order valence-electron chi connectivity index (χ1n) is 9.32. The number of carbonyl (C=O) groups is 1. The van der Waals surface area contributed by atoms with Gasteiger partial charge >= 0.3 is 6.18 Å². The number of nitro benzene ring substituents is 2. The Balaban J connectivity index is 1.72. The second kappa shape index (κ2) is 9.08. The van der Waals surface area contributed by atoms with Gasteiger partial charge in [0.05, 0.1) is 9.85 Å². The molecule has 1 aliphatic rings. The van der Waals surface area contributed by atoms with Gasteiger partial charge in [-0.1, -0.05) is 0 Å². The van der Waals surface area contributed by atoms with Gasteiger partial charge in [-0.05, 0) is 24.3 Å². The normalized spacial score (nSPS) is 14.2. The molecule has 2 aromatic carbocycles. The molecule has 1 heterocycles. The van der Waals surface area contributed by atoms with Crippen molar-refractivity contribution < 1.29 is 32.5 Å². The maximum atomic E-state index is 12.9. The number of hydrogen-bond donors (Lipinski definition) is 0. The zero-order valence-electron chi connectivity index (χ0n) is 16.4. The molecule has 0 atom stereocenters. The van der Waals surface area contributed by atoms with E-state index in [0.717, 1.165) is 23.9 Å². The number of piperazine rings is 1. The summed E-state index contributed by atoms with van der Waals surface area (Å²) in [4.78, 5) is 36.9. The second-order valence-electron chi connectivity index (χ2n) is 6.89. The molecule has 0 aliphatic carbocycles. The number of non-ortho nitro benzene ring substituents is 1. The highest BCUT2D eigenvalue weighted by Crippen LogP contribution is 2.28. The molecule has 13 heteroatoms. The minimum atomic E-state index is -4.60. The number of alkyl halides is 3. The number of nitrogens with zero attached hydrogens (tertiary/aromatic N) is 4. The summed E-state index contributed by atoms with van der Waals surface area (Å²) in [6, 6.07) is 8.78. The van der Waals surface area contributed by atoms with Gasteiger partial charge in [-0.2, -0.15) is 13.2 Å². The molecule has 0 spiro atoms. The number of benzene rings is 2. The quantitative estimate of drug-likeness (QED) is 0.485. The van der Waals surface area contributed by atoms with E-state index in [2.05, 4.69) is 4.74 Å². The fraction of sp³-hybridized carbons (Fsp3) is 0.316. The maximum Gasteiger partial charge on any atom is 0.422 e. The molecule has 0 aromatic heterocycles. The minimum Gasteiger partial charge on any atom is -0.484 e. The molecule has 0 N–H and O–H groups in total. The van der Waals surface area contributed by atoms with Crippen LogP contribution in [0.3, 0.4) is 0 Å². The number of hydrogen-bond acceptors (Lipinski definition) is 7. The van der Waals surface area contributed by atoms with Gasteiger partial charge in [-0.25, -0.2) is 0 Å². The van der Waals surface area contributed by atoms with Crippen LogP contribution in [0.5, 0.6) is 5.75 Å². The molecule has 1 aliphatic heterocycles. The number of rotatable bonds is 6. The molecule has 0 bridgehead atoms. The highest BCUT2D eigenvalue weighted by Gasteiger charge is 2.31. The first-order chi connectivity index (χ1) is 15.0. The van der Waals surface area contributed by atoms with Crippen molar-refractivity contribution in [2.24, 2.45) is 0 Å². The van der Waals surface area contributed by atoms with Crippen LogP contribution in [0.2, 0.25) is 0 Å². The summed E-state index contributed by atoms with van der Waals surface area (Å²) in [6.45, 7) is -0.475. The van der Waals surface area contributed by atoms with Gasteiger partial charge in [0.1, 0.15) is 11.3 Å². The largest absolute Gasteiger partial charge is 0.484 e. The van der Waals surface area contributed by atoms with Gasteiger partial charge in [0, 0.05) is 50.1 Å². The van der Waals surface area contributed by atoms with E-state index in [9.17, 15) is 38.2 Å². The van der Waals surface area contributed by atoms with Crippen LogP contribution in [0.4, 0.5) is 30.2 Å². The van der Waals surface area contributed by atoms with Crippen LogP contribution < -0.4 is 9.64 Å². The molecular formula is C19H17F3N4O6. The zero-order chi connectivity index (χ0) is 23.5. The number of carbonyl (C=O) groups excluding carboxylic acids is 1. The lowest BCUT2D eigenvalue weighted by molar-refractivity contribution is -0.385. The fourth-order valence-electron chi connectivity index (χ4n) is 3.22. The first-order valence-corrected chi connectivity index (χ1v) is 9.32. The Kier molecular flexibility index (Phi) is 6.46. The fourth-order valence-corrected chi connectivity index (χ4v) is 3.22. The highest BCUT2D eigenvalue weighted by atomic mass is 19.4. The van der Waals surface area contributed by atoms with Crippen LogP contribution in [0.15, 0.2) is 42.5 Å². The summed E-state index contributed by atoms with van der Waals surface area (Å²) >= 11 is 0. The number of nitro groups is 2. The van der Waals surface area contributed by atoms with Crippen molar-refractivity contribution in [1.82, 2.24) is 4.90 Å². The predicted octanol–water partition coefficient (Wildman–Crippen LogP) is 3.41. The Labute approximate surface area is 179 Å². The lowest BCUT2D eigenvalue weighted by Gasteiger charge is -2.36. The molecule has 1 saturated heterocycles. The summed E-state index contributed by atoms with van der Waals surface area (Å²) in [5, 5.41) is 22.1. The SMILES string of the molecule is O=C(c1cc(OCC(F)(F)F)ccc1[N+](=O)[O-])N1CCN(c2ccc([N+](=O)[O-])cc2)CC1. The average molecular weight is 454 g/mol. The van der Waals surface area contributed by atoms with Crippen molar-refractivity contribution in [2.75, 3.05) is 37.7 Å². The van der Waals surface area contributed by atoms with E-state index in [1.165, 1.54) is 17.0 Å². The van der Waals surface area contributed by atoms with Crippen LogP contribution in [0.1, 0.15) is 10.4 Å². The summed E-state index contributed by atoms with van der Waals surface area (Å²) < 4.78 is 41.8. The highest BCUT2D eigenvalue weighted by molar-refractivity contribution is 5.98. The van der Waals surface area contributed by atoms with Crippen LogP contribution >= 0.6 is 0 Å². The molecule has 32 heavy (non-hydrogen) atoms.